The summed E-state index contributed by atoms with van der Waals surface area (Å²) in [4.78, 5) is 12.6. The Balaban J connectivity index is 1.69. The summed E-state index contributed by atoms with van der Waals surface area (Å²) in [5.74, 6) is -2.17. The standard InChI is InChI=1S/C21H19BrF5NO2/c1-12(17-3-2-15(23)10-18(17)24)6-19(29)28-20(4-5-20)13-7-14(22)9-16(8-13)30-11-21(25,26)27/h2-3,7-10,12H,4-6,11H2,1H3,(H,28,29). The first-order chi connectivity index (χ1) is 14.0. The first kappa shape index (κ1) is 22.5. The monoisotopic (exact) mass is 491 g/mol. The fourth-order valence-electron chi connectivity index (χ4n) is 3.31. The Kier molecular flexibility index (Phi) is 6.40. The van der Waals surface area contributed by atoms with Gasteiger partial charge in [0.15, 0.2) is 6.61 Å². The lowest BCUT2D eigenvalue weighted by molar-refractivity contribution is -0.153. The van der Waals surface area contributed by atoms with Crippen LogP contribution in [-0.2, 0) is 10.3 Å². The van der Waals surface area contributed by atoms with Gasteiger partial charge in [-0.1, -0.05) is 28.9 Å². The molecule has 1 atom stereocenters. The first-order valence-electron chi connectivity index (χ1n) is 9.24. The molecule has 0 aromatic heterocycles. The highest BCUT2D eigenvalue weighted by molar-refractivity contribution is 9.10. The Morgan fingerprint density at radius 1 is 1.20 bits per heavy atom. The summed E-state index contributed by atoms with van der Waals surface area (Å²) >= 11 is 3.26. The molecule has 1 aliphatic carbocycles. The topological polar surface area (TPSA) is 38.3 Å². The van der Waals surface area contributed by atoms with Crippen LogP contribution in [0.4, 0.5) is 22.0 Å². The van der Waals surface area contributed by atoms with Crippen LogP contribution in [0.3, 0.4) is 0 Å². The van der Waals surface area contributed by atoms with E-state index in [1.54, 1.807) is 13.0 Å². The van der Waals surface area contributed by atoms with E-state index < -0.39 is 35.9 Å². The quantitative estimate of drug-likeness (QED) is 0.484. The molecule has 3 nitrogen and oxygen atoms in total. The van der Waals surface area contributed by atoms with Crippen molar-refractivity contribution in [1.82, 2.24) is 5.32 Å². The van der Waals surface area contributed by atoms with Crippen LogP contribution in [0, 0.1) is 11.6 Å². The lowest BCUT2D eigenvalue weighted by atomic mass is 9.96. The molecule has 0 spiro atoms. The van der Waals surface area contributed by atoms with Crippen molar-refractivity contribution in [2.45, 2.75) is 43.8 Å². The Morgan fingerprint density at radius 2 is 1.90 bits per heavy atom. The van der Waals surface area contributed by atoms with Gasteiger partial charge in [0.1, 0.15) is 17.4 Å². The largest absolute Gasteiger partial charge is 0.484 e. The third-order valence-corrected chi connectivity index (χ3v) is 5.40. The van der Waals surface area contributed by atoms with Gasteiger partial charge in [-0.25, -0.2) is 8.78 Å². The minimum Gasteiger partial charge on any atom is -0.484 e. The highest BCUT2D eigenvalue weighted by atomic mass is 79.9. The van der Waals surface area contributed by atoms with E-state index in [-0.39, 0.29) is 23.6 Å². The van der Waals surface area contributed by atoms with Crippen molar-refractivity contribution in [2.24, 2.45) is 0 Å². The summed E-state index contributed by atoms with van der Waals surface area (Å²) in [7, 11) is 0. The average molecular weight is 492 g/mol. The zero-order valence-corrected chi connectivity index (χ0v) is 17.5. The smallest absolute Gasteiger partial charge is 0.422 e. The second-order valence-corrected chi connectivity index (χ2v) is 8.40. The second-order valence-electron chi connectivity index (χ2n) is 7.48. The van der Waals surface area contributed by atoms with Gasteiger partial charge in [-0.05, 0) is 54.2 Å². The van der Waals surface area contributed by atoms with Crippen LogP contribution in [0.2, 0.25) is 0 Å². The number of rotatable bonds is 7. The number of nitrogens with one attached hydrogen (secondary N) is 1. The van der Waals surface area contributed by atoms with E-state index in [9.17, 15) is 26.7 Å². The van der Waals surface area contributed by atoms with Gasteiger partial charge in [-0.3, -0.25) is 4.79 Å². The van der Waals surface area contributed by atoms with Crippen molar-refractivity contribution in [1.29, 1.82) is 0 Å². The SMILES string of the molecule is CC(CC(=O)NC1(c2cc(Br)cc(OCC(F)(F)F)c2)CC1)c1ccc(F)cc1F. The third-order valence-electron chi connectivity index (χ3n) is 4.94. The van der Waals surface area contributed by atoms with E-state index in [4.69, 9.17) is 4.74 Å². The molecule has 9 heteroatoms. The summed E-state index contributed by atoms with van der Waals surface area (Å²) in [5.41, 5.74) is 0.169. The molecular formula is C21H19BrF5NO2. The molecule has 0 bridgehead atoms. The molecule has 0 aliphatic heterocycles. The Labute approximate surface area is 178 Å². The zero-order valence-electron chi connectivity index (χ0n) is 16.0. The molecule has 0 saturated heterocycles. The molecule has 3 rings (SSSR count). The van der Waals surface area contributed by atoms with Crippen molar-refractivity contribution >= 4 is 21.8 Å². The van der Waals surface area contributed by atoms with Gasteiger partial charge in [0, 0.05) is 17.0 Å². The molecule has 2 aromatic rings. The van der Waals surface area contributed by atoms with Gasteiger partial charge >= 0.3 is 6.18 Å². The molecule has 1 aliphatic rings. The maximum absolute atomic E-state index is 13.9. The molecule has 162 valence electrons. The minimum atomic E-state index is -4.46. The van der Waals surface area contributed by atoms with E-state index in [0.29, 0.717) is 22.9 Å². The van der Waals surface area contributed by atoms with Crippen LogP contribution < -0.4 is 10.1 Å². The van der Waals surface area contributed by atoms with E-state index in [2.05, 4.69) is 21.2 Å². The number of amides is 1. The highest BCUT2D eigenvalue weighted by Gasteiger charge is 2.46. The second kappa shape index (κ2) is 8.53. The fourth-order valence-corrected chi connectivity index (χ4v) is 3.78. The number of hydrogen-bond donors (Lipinski definition) is 1. The Hall–Kier alpha value is -2.16. The van der Waals surface area contributed by atoms with Crippen LogP contribution in [0.5, 0.6) is 5.75 Å². The predicted molar refractivity (Wildman–Crippen MR) is 104 cm³/mol. The third kappa shape index (κ3) is 5.71. The molecule has 1 saturated carbocycles. The van der Waals surface area contributed by atoms with Gasteiger partial charge < -0.3 is 10.1 Å². The van der Waals surface area contributed by atoms with Crippen LogP contribution >= 0.6 is 15.9 Å². The highest BCUT2D eigenvalue weighted by Crippen LogP contribution is 2.47. The normalized spacial score (nSPS) is 16.1. The fraction of sp³-hybridized carbons (Fsp3) is 0.381. The van der Waals surface area contributed by atoms with Crippen molar-refractivity contribution in [2.75, 3.05) is 6.61 Å². The lowest BCUT2D eigenvalue weighted by Crippen LogP contribution is -2.35. The average Bonchev–Trinajstić information content (AvgIpc) is 3.39. The van der Waals surface area contributed by atoms with Crippen LogP contribution in [0.1, 0.15) is 43.2 Å². The van der Waals surface area contributed by atoms with Crippen molar-refractivity contribution in [3.05, 3.63) is 63.6 Å². The summed E-state index contributed by atoms with van der Waals surface area (Å²) in [6, 6.07) is 7.85. The summed E-state index contributed by atoms with van der Waals surface area (Å²) in [6.45, 7) is 0.251. The van der Waals surface area contributed by atoms with Crippen LogP contribution in [-0.4, -0.2) is 18.7 Å². The maximum atomic E-state index is 13.9. The van der Waals surface area contributed by atoms with Gasteiger partial charge in [0.2, 0.25) is 5.91 Å². The Morgan fingerprint density at radius 3 is 2.50 bits per heavy atom. The van der Waals surface area contributed by atoms with Gasteiger partial charge in [0.25, 0.3) is 0 Å². The number of benzene rings is 2. The summed E-state index contributed by atoms with van der Waals surface area (Å²) in [5, 5.41) is 2.91. The molecule has 30 heavy (non-hydrogen) atoms. The lowest BCUT2D eigenvalue weighted by Gasteiger charge is -2.21. The van der Waals surface area contributed by atoms with Gasteiger partial charge in [0.05, 0.1) is 5.54 Å². The molecule has 1 amide bonds. The number of carbonyl (C=O) groups excluding carboxylic acids is 1. The molecule has 1 unspecified atom stereocenters. The Bertz CT molecular complexity index is 943. The number of hydrogen-bond acceptors (Lipinski definition) is 2. The van der Waals surface area contributed by atoms with E-state index in [0.717, 1.165) is 12.1 Å². The molecule has 2 aromatic carbocycles. The predicted octanol–water partition coefficient (Wildman–Crippen LogP) is 5.97. The van der Waals surface area contributed by atoms with Crippen LogP contribution in [0.15, 0.2) is 40.9 Å². The summed E-state index contributed by atoms with van der Waals surface area (Å²) in [6.07, 6.45) is -3.24. The summed E-state index contributed by atoms with van der Waals surface area (Å²) < 4.78 is 69.7. The zero-order chi connectivity index (χ0) is 22.1. The minimum absolute atomic E-state index is 0.0181. The number of alkyl halides is 3. The number of ether oxygens (including phenoxy) is 1. The first-order valence-corrected chi connectivity index (χ1v) is 10.0. The van der Waals surface area contributed by atoms with Crippen molar-refractivity contribution in [3.63, 3.8) is 0 Å². The molecular weight excluding hydrogens is 473 g/mol. The maximum Gasteiger partial charge on any atom is 0.422 e. The van der Waals surface area contributed by atoms with Crippen molar-refractivity contribution in [3.8, 4) is 5.75 Å². The van der Waals surface area contributed by atoms with Crippen molar-refractivity contribution < 1.29 is 31.5 Å². The number of carbonyl (C=O) groups is 1. The molecule has 0 heterocycles. The van der Waals surface area contributed by atoms with Gasteiger partial charge in [-0.15, -0.1) is 0 Å². The van der Waals surface area contributed by atoms with E-state index in [1.165, 1.54) is 18.2 Å². The van der Waals surface area contributed by atoms with Gasteiger partial charge in [-0.2, -0.15) is 13.2 Å². The van der Waals surface area contributed by atoms with Crippen LogP contribution in [0.25, 0.3) is 0 Å². The molecule has 0 radical (unpaired) electrons. The number of halogens is 6. The van der Waals surface area contributed by atoms with E-state index >= 15 is 0 Å². The molecule has 1 N–H and O–H groups in total. The van der Waals surface area contributed by atoms with E-state index in [1.807, 2.05) is 0 Å². The molecule has 1 fully saturated rings.